The standard InChI is InChI=1S/C22H17F2N7O/c1-2-30-19(25-13-27-30)12-32-22-20(16-5-3-4-6-17(16)24)18-11-26-28-21(31(18)29-22)14-7-9-15(23)10-8-14/h3-11,13H,2,12H2,1H3. The van der Waals surface area contributed by atoms with Crippen LogP contribution >= 0.6 is 0 Å². The molecule has 0 atom stereocenters. The van der Waals surface area contributed by atoms with Crippen molar-refractivity contribution in [3.63, 3.8) is 0 Å². The van der Waals surface area contributed by atoms with Crippen molar-refractivity contribution in [3.05, 3.63) is 78.5 Å². The Hall–Kier alpha value is -4.21. The number of rotatable bonds is 6. The number of nitrogens with zero attached hydrogens (tertiary/aromatic N) is 7. The van der Waals surface area contributed by atoms with Crippen LogP contribution in [0.25, 0.3) is 28.0 Å². The van der Waals surface area contributed by atoms with Gasteiger partial charge in [0, 0.05) is 17.7 Å². The maximum Gasteiger partial charge on any atom is 0.242 e. The summed E-state index contributed by atoms with van der Waals surface area (Å²) >= 11 is 0. The molecule has 0 fully saturated rings. The Morgan fingerprint density at radius 3 is 2.62 bits per heavy atom. The quantitative estimate of drug-likeness (QED) is 0.404. The van der Waals surface area contributed by atoms with Crippen molar-refractivity contribution in [2.75, 3.05) is 0 Å². The normalized spacial score (nSPS) is 11.2. The van der Waals surface area contributed by atoms with E-state index in [1.54, 1.807) is 35.0 Å². The molecular weight excluding hydrogens is 416 g/mol. The summed E-state index contributed by atoms with van der Waals surface area (Å²) in [4.78, 5) is 4.21. The van der Waals surface area contributed by atoms with Crippen LogP contribution in [0.4, 0.5) is 8.78 Å². The highest BCUT2D eigenvalue weighted by Gasteiger charge is 2.22. The Morgan fingerprint density at radius 1 is 1.03 bits per heavy atom. The topological polar surface area (TPSA) is 83.0 Å². The van der Waals surface area contributed by atoms with Gasteiger partial charge in [0.25, 0.3) is 0 Å². The number of hydrogen-bond donors (Lipinski definition) is 0. The van der Waals surface area contributed by atoms with Crippen LogP contribution in [-0.2, 0) is 13.2 Å². The van der Waals surface area contributed by atoms with E-state index in [4.69, 9.17) is 4.74 Å². The fourth-order valence-corrected chi connectivity index (χ4v) is 3.47. The van der Waals surface area contributed by atoms with Crippen molar-refractivity contribution in [1.82, 2.24) is 34.6 Å². The summed E-state index contributed by atoms with van der Waals surface area (Å²) in [7, 11) is 0. The summed E-state index contributed by atoms with van der Waals surface area (Å²) in [6.45, 7) is 2.67. The van der Waals surface area contributed by atoms with Gasteiger partial charge in [-0.1, -0.05) is 18.2 Å². The van der Waals surface area contributed by atoms with E-state index in [2.05, 4.69) is 25.4 Å². The van der Waals surface area contributed by atoms with Gasteiger partial charge in [-0.2, -0.15) is 10.2 Å². The third-order valence-electron chi connectivity index (χ3n) is 5.00. The van der Waals surface area contributed by atoms with Gasteiger partial charge < -0.3 is 4.74 Å². The molecule has 0 amide bonds. The van der Waals surface area contributed by atoms with Crippen LogP contribution in [0, 0.1) is 11.6 Å². The van der Waals surface area contributed by atoms with Gasteiger partial charge >= 0.3 is 0 Å². The molecule has 0 saturated heterocycles. The Labute approximate surface area is 181 Å². The van der Waals surface area contributed by atoms with Gasteiger partial charge in [-0.3, -0.25) is 0 Å². The van der Waals surface area contributed by atoms with Gasteiger partial charge in [0.2, 0.25) is 5.88 Å². The van der Waals surface area contributed by atoms with E-state index in [0.717, 1.165) is 0 Å². The third kappa shape index (κ3) is 3.45. The summed E-state index contributed by atoms with van der Waals surface area (Å²) in [5.74, 6) is 0.374. The van der Waals surface area contributed by atoms with E-state index >= 15 is 0 Å². The molecule has 10 heteroatoms. The molecule has 160 valence electrons. The van der Waals surface area contributed by atoms with E-state index in [-0.39, 0.29) is 18.3 Å². The zero-order chi connectivity index (χ0) is 22.1. The first kappa shape index (κ1) is 19.7. The molecule has 5 aromatic rings. The molecule has 0 spiro atoms. The summed E-state index contributed by atoms with van der Waals surface area (Å²) in [6.07, 6.45) is 2.94. The number of fused-ring (bicyclic) bond motifs is 1. The van der Waals surface area contributed by atoms with Gasteiger partial charge in [0.15, 0.2) is 11.6 Å². The number of hydrogen-bond acceptors (Lipinski definition) is 6. The third-order valence-corrected chi connectivity index (χ3v) is 5.00. The van der Waals surface area contributed by atoms with Gasteiger partial charge in [0.05, 0.1) is 11.8 Å². The fourth-order valence-electron chi connectivity index (χ4n) is 3.47. The van der Waals surface area contributed by atoms with Crippen molar-refractivity contribution in [1.29, 1.82) is 0 Å². The second-order valence-corrected chi connectivity index (χ2v) is 6.91. The SMILES string of the molecule is CCn1ncnc1COc1nn2c(-c3ccc(F)cc3)nncc2c1-c1ccccc1F. The minimum atomic E-state index is -0.427. The lowest BCUT2D eigenvalue weighted by atomic mass is 10.1. The maximum atomic E-state index is 14.8. The molecule has 5 rings (SSSR count). The highest BCUT2D eigenvalue weighted by atomic mass is 19.1. The molecular formula is C22H17F2N7O. The molecule has 0 saturated carbocycles. The van der Waals surface area contributed by atoms with Crippen LogP contribution in [0.5, 0.6) is 5.88 Å². The smallest absolute Gasteiger partial charge is 0.242 e. The van der Waals surface area contributed by atoms with Crippen molar-refractivity contribution >= 4 is 5.52 Å². The molecule has 0 aliphatic carbocycles. The number of aromatic nitrogens is 7. The van der Waals surface area contributed by atoms with E-state index in [0.29, 0.717) is 40.4 Å². The molecule has 0 aliphatic rings. The maximum absolute atomic E-state index is 14.8. The summed E-state index contributed by atoms with van der Waals surface area (Å²) in [6, 6.07) is 12.2. The molecule has 0 unspecified atom stereocenters. The lowest BCUT2D eigenvalue weighted by Crippen LogP contribution is -2.08. The Bertz CT molecular complexity index is 1400. The lowest BCUT2D eigenvalue weighted by molar-refractivity contribution is 0.276. The Kier molecular flexibility index (Phi) is 5.02. The summed E-state index contributed by atoms with van der Waals surface area (Å²) < 4.78 is 37.4. The molecule has 3 heterocycles. The minimum Gasteiger partial charge on any atom is -0.468 e. The van der Waals surface area contributed by atoms with E-state index in [1.807, 2.05) is 6.92 Å². The van der Waals surface area contributed by atoms with Gasteiger partial charge in [-0.25, -0.2) is 23.0 Å². The average Bonchev–Trinajstić information content (AvgIpc) is 3.42. The minimum absolute atomic E-state index is 0.0892. The van der Waals surface area contributed by atoms with Crippen LogP contribution in [0.15, 0.2) is 61.1 Å². The summed E-state index contributed by atoms with van der Waals surface area (Å²) in [5.41, 5.74) is 1.84. The first-order valence-electron chi connectivity index (χ1n) is 9.90. The summed E-state index contributed by atoms with van der Waals surface area (Å²) in [5, 5.41) is 16.9. The number of halogens is 2. The van der Waals surface area contributed by atoms with Crippen LogP contribution in [0.1, 0.15) is 12.7 Å². The van der Waals surface area contributed by atoms with Crippen LogP contribution < -0.4 is 4.74 Å². The van der Waals surface area contributed by atoms with Crippen LogP contribution in [-0.4, -0.2) is 34.6 Å². The highest BCUT2D eigenvalue weighted by Crippen LogP contribution is 2.36. The molecule has 2 aromatic carbocycles. The average molecular weight is 433 g/mol. The number of benzene rings is 2. The van der Waals surface area contributed by atoms with Gasteiger partial charge in [-0.15, -0.1) is 10.2 Å². The Morgan fingerprint density at radius 2 is 1.84 bits per heavy atom. The molecule has 0 radical (unpaired) electrons. The van der Waals surface area contributed by atoms with E-state index < -0.39 is 5.82 Å². The second-order valence-electron chi connectivity index (χ2n) is 6.91. The van der Waals surface area contributed by atoms with Crippen LogP contribution in [0.2, 0.25) is 0 Å². The van der Waals surface area contributed by atoms with Crippen LogP contribution in [0.3, 0.4) is 0 Å². The zero-order valence-corrected chi connectivity index (χ0v) is 17.0. The molecule has 32 heavy (non-hydrogen) atoms. The van der Waals surface area contributed by atoms with Crippen molar-refractivity contribution in [3.8, 4) is 28.4 Å². The van der Waals surface area contributed by atoms with E-state index in [1.165, 1.54) is 35.2 Å². The molecule has 0 N–H and O–H groups in total. The second kappa shape index (κ2) is 8.14. The first-order valence-corrected chi connectivity index (χ1v) is 9.90. The Balaban J connectivity index is 1.67. The van der Waals surface area contributed by atoms with E-state index in [9.17, 15) is 8.78 Å². The monoisotopic (exact) mass is 433 g/mol. The molecule has 0 bridgehead atoms. The molecule has 8 nitrogen and oxygen atoms in total. The van der Waals surface area contributed by atoms with Crippen molar-refractivity contribution in [2.45, 2.75) is 20.1 Å². The number of aryl methyl sites for hydroxylation is 1. The highest BCUT2D eigenvalue weighted by molar-refractivity contribution is 5.85. The predicted molar refractivity (Wildman–Crippen MR) is 112 cm³/mol. The fraction of sp³-hybridized carbons (Fsp3) is 0.136. The lowest BCUT2D eigenvalue weighted by Gasteiger charge is -2.07. The zero-order valence-electron chi connectivity index (χ0n) is 17.0. The first-order chi connectivity index (χ1) is 15.7. The van der Waals surface area contributed by atoms with Gasteiger partial charge in [-0.05, 0) is 37.3 Å². The van der Waals surface area contributed by atoms with Crippen molar-refractivity contribution < 1.29 is 13.5 Å². The van der Waals surface area contributed by atoms with Crippen molar-refractivity contribution in [2.24, 2.45) is 0 Å². The van der Waals surface area contributed by atoms with Gasteiger partial charge in [0.1, 0.15) is 30.1 Å². The molecule has 3 aromatic heterocycles. The molecule has 0 aliphatic heterocycles. The number of ether oxygens (including phenoxy) is 1. The predicted octanol–water partition coefficient (Wildman–Crippen LogP) is 3.93. The largest absolute Gasteiger partial charge is 0.468 e.